The van der Waals surface area contributed by atoms with E-state index < -0.39 is 0 Å². The molecule has 3 nitrogen and oxygen atoms in total. The Kier molecular flexibility index (Phi) is 3.19. The minimum absolute atomic E-state index is 0.102. The Hall–Kier alpha value is -0.120. The summed E-state index contributed by atoms with van der Waals surface area (Å²) >= 11 is 0. The van der Waals surface area contributed by atoms with E-state index in [1.165, 1.54) is 19.3 Å². The highest BCUT2D eigenvalue weighted by atomic mass is 16.3. The van der Waals surface area contributed by atoms with Crippen LogP contribution in [0.3, 0.4) is 0 Å². The van der Waals surface area contributed by atoms with Gasteiger partial charge >= 0.3 is 0 Å². The molecule has 0 aromatic rings. The zero-order valence-electron chi connectivity index (χ0n) is 8.13. The second-order valence-electron chi connectivity index (χ2n) is 4.31. The van der Waals surface area contributed by atoms with E-state index in [4.69, 9.17) is 0 Å². The molecule has 1 saturated heterocycles. The molecule has 1 saturated carbocycles. The Balaban J connectivity index is 1.78. The third-order valence-corrected chi connectivity index (χ3v) is 3.24. The standard InChI is InChI=1S/C10H20N2O/c13-10-4-2-1-3-9(10)12-8-5-6-11-7-8/h8-13H,1-7H2. The quantitative estimate of drug-likeness (QED) is 0.576. The number of aliphatic hydroxyl groups is 1. The summed E-state index contributed by atoms with van der Waals surface area (Å²) in [4.78, 5) is 0. The van der Waals surface area contributed by atoms with Gasteiger partial charge in [0.1, 0.15) is 0 Å². The second-order valence-corrected chi connectivity index (χ2v) is 4.31. The molecule has 3 heteroatoms. The van der Waals surface area contributed by atoms with Crippen molar-refractivity contribution in [2.45, 2.75) is 50.3 Å². The van der Waals surface area contributed by atoms with Crippen LogP contribution in [0.15, 0.2) is 0 Å². The van der Waals surface area contributed by atoms with E-state index in [0.29, 0.717) is 12.1 Å². The van der Waals surface area contributed by atoms with Gasteiger partial charge in [-0.25, -0.2) is 0 Å². The average molecular weight is 184 g/mol. The molecule has 0 aromatic carbocycles. The van der Waals surface area contributed by atoms with Gasteiger partial charge < -0.3 is 15.7 Å². The third-order valence-electron chi connectivity index (χ3n) is 3.24. The summed E-state index contributed by atoms with van der Waals surface area (Å²) in [6.07, 6.45) is 5.71. The van der Waals surface area contributed by atoms with Gasteiger partial charge in [0.15, 0.2) is 0 Å². The predicted octanol–water partition coefficient (Wildman–Crippen LogP) is 0.241. The Labute approximate surface area is 79.9 Å². The van der Waals surface area contributed by atoms with Crippen LogP contribution in [-0.4, -0.2) is 36.4 Å². The SMILES string of the molecule is OC1CCCCC1NC1CCNC1. The molecule has 0 bridgehead atoms. The molecule has 0 radical (unpaired) electrons. The zero-order chi connectivity index (χ0) is 9.10. The smallest absolute Gasteiger partial charge is 0.0693 e. The van der Waals surface area contributed by atoms with Crippen LogP contribution in [0, 0.1) is 0 Å². The highest BCUT2D eigenvalue weighted by Gasteiger charge is 2.26. The molecular weight excluding hydrogens is 164 g/mol. The Morgan fingerprint density at radius 3 is 2.69 bits per heavy atom. The Bertz CT molecular complexity index is 157. The van der Waals surface area contributed by atoms with E-state index in [0.717, 1.165) is 25.9 Å². The van der Waals surface area contributed by atoms with E-state index in [1.807, 2.05) is 0 Å². The first-order valence-corrected chi connectivity index (χ1v) is 5.51. The maximum Gasteiger partial charge on any atom is 0.0693 e. The van der Waals surface area contributed by atoms with Crippen molar-refractivity contribution < 1.29 is 5.11 Å². The average Bonchev–Trinajstić information content (AvgIpc) is 2.61. The molecule has 2 rings (SSSR count). The van der Waals surface area contributed by atoms with Gasteiger partial charge in [0.2, 0.25) is 0 Å². The highest BCUT2D eigenvalue weighted by Crippen LogP contribution is 2.19. The van der Waals surface area contributed by atoms with Crippen molar-refractivity contribution in [3.8, 4) is 0 Å². The lowest BCUT2D eigenvalue weighted by atomic mass is 9.92. The van der Waals surface area contributed by atoms with Gasteiger partial charge in [-0.15, -0.1) is 0 Å². The lowest BCUT2D eigenvalue weighted by Gasteiger charge is -2.30. The van der Waals surface area contributed by atoms with Gasteiger partial charge in [0, 0.05) is 18.6 Å². The van der Waals surface area contributed by atoms with Crippen molar-refractivity contribution >= 4 is 0 Å². The molecule has 0 aromatic heterocycles. The molecule has 0 spiro atoms. The second kappa shape index (κ2) is 4.40. The molecule has 1 aliphatic heterocycles. The normalized spacial score (nSPS) is 40.8. The summed E-state index contributed by atoms with van der Waals surface area (Å²) in [6.45, 7) is 2.20. The Morgan fingerprint density at radius 1 is 1.15 bits per heavy atom. The highest BCUT2D eigenvalue weighted by molar-refractivity contribution is 4.86. The summed E-state index contributed by atoms with van der Waals surface area (Å²) in [5, 5.41) is 16.6. The van der Waals surface area contributed by atoms with Crippen molar-refractivity contribution in [2.75, 3.05) is 13.1 Å². The summed E-state index contributed by atoms with van der Waals surface area (Å²) in [5.74, 6) is 0. The van der Waals surface area contributed by atoms with Crippen LogP contribution in [0.2, 0.25) is 0 Å². The van der Waals surface area contributed by atoms with Crippen LogP contribution in [0.25, 0.3) is 0 Å². The van der Waals surface area contributed by atoms with Crippen LogP contribution in [0.5, 0.6) is 0 Å². The minimum atomic E-state index is -0.102. The fourth-order valence-corrected chi connectivity index (χ4v) is 2.41. The number of nitrogens with one attached hydrogen (secondary N) is 2. The van der Waals surface area contributed by atoms with Crippen molar-refractivity contribution in [2.24, 2.45) is 0 Å². The lowest BCUT2D eigenvalue weighted by Crippen LogP contribution is -2.47. The van der Waals surface area contributed by atoms with Crippen LogP contribution >= 0.6 is 0 Å². The third kappa shape index (κ3) is 2.42. The first-order chi connectivity index (χ1) is 6.36. The monoisotopic (exact) mass is 184 g/mol. The molecule has 76 valence electrons. The topological polar surface area (TPSA) is 44.3 Å². The van der Waals surface area contributed by atoms with E-state index in [-0.39, 0.29) is 6.10 Å². The minimum Gasteiger partial charge on any atom is -0.392 e. The first-order valence-electron chi connectivity index (χ1n) is 5.51. The van der Waals surface area contributed by atoms with Crippen LogP contribution in [-0.2, 0) is 0 Å². The maximum absolute atomic E-state index is 9.75. The van der Waals surface area contributed by atoms with Gasteiger partial charge in [-0.2, -0.15) is 0 Å². The molecule has 13 heavy (non-hydrogen) atoms. The molecule has 2 aliphatic rings. The fourth-order valence-electron chi connectivity index (χ4n) is 2.41. The van der Waals surface area contributed by atoms with Crippen molar-refractivity contribution in [1.29, 1.82) is 0 Å². The van der Waals surface area contributed by atoms with E-state index in [2.05, 4.69) is 10.6 Å². The summed E-state index contributed by atoms with van der Waals surface area (Å²) in [6, 6.07) is 0.955. The van der Waals surface area contributed by atoms with Gasteiger partial charge in [0.25, 0.3) is 0 Å². The molecule has 0 amide bonds. The summed E-state index contributed by atoms with van der Waals surface area (Å²) in [7, 11) is 0. The molecule has 1 aliphatic carbocycles. The molecule has 2 fully saturated rings. The summed E-state index contributed by atoms with van der Waals surface area (Å²) < 4.78 is 0. The number of rotatable bonds is 2. The van der Waals surface area contributed by atoms with Crippen LogP contribution in [0.4, 0.5) is 0 Å². The van der Waals surface area contributed by atoms with Crippen molar-refractivity contribution in [3.63, 3.8) is 0 Å². The molecule has 1 heterocycles. The fraction of sp³-hybridized carbons (Fsp3) is 1.00. The number of hydrogen-bond donors (Lipinski definition) is 3. The molecular formula is C10H20N2O. The van der Waals surface area contributed by atoms with E-state index in [1.54, 1.807) is 0 Å². The lowest BCUT2D eigenvalue weighted by molar-refractivity contribution is 0.0860. The molecule has 3 unspecified atom stereocenters. The largest absolute Gasteiger partial charge is 0.392 e. The Morgan fingerprint density at radius 2 is 2.00 bits per heavy atom. The predicted molar refractivity (Wildman–Crippen MR) is 52.7 cm³/mol. The van der Waals surface area contributed by atoms with Gasteiger partial charge in [-0.3, -0.25) is 0 Å². The van der Waals surface area contributed by atoms with Crippen molar-refractivity contribution in [1.82, 2.24) is 10.6 Å². The molecule has 3 atom stereocenters. The van der Waals surface area contributed by atoms with Gasteiger partial charge in [-0.05, 0) is 25.8 Å². The van der Waals surface area contributed by atoms with E-state index in [9.17, 15) is 5.11 Å². The maximum atomic E-state index is 9.75. The van der Waals surface area contributed by atoms with Gasteiger partial charge in [-0.1, -0.05) is 12.8 Å². The van der Waals surface area contributed by atoms with Crippen LogP contribution < -0.4 is 10.6 Å². The van der Waals surface area contributed by atoms with Crippen molar-refractivity contribution in [3.05, 3.63) is 0 Å². The van der Waals surface area contributed by atoms with E-state index >= 15 is 0 Å². The number of hydrogen-bond acceptors (Lipinski definition) is 3. The number of aliphatic hydroxyl groups excluding tert-OH is 1. The first kappa shape index (κ1) is 9.44. The summed E-state index contributed by atoms with van der Waals surface area (Å²) in [5.41, 5.74) is 0. The zero-order valence-corrected chi connectivity index (χ0v) is 8.13. The van der Waals surface area contributed by atoms with Gasteiger partial charge in [0.05, 0.1) is 6.10 Å². The van der Waals surface area contributed by atoms with Crippen LogP contribution in [0.1, 0.15) is 32.1 Å². The molecule has 3 N–H and O–H groups in total.